The van der Waals surface area contributed by atoms with Gasteiger partial charge < -0.3 is 14.5 Å². The van der Waals surface area contributed by atoms with Gasteiger partial charge >= 0.3 is 0 Å². The van der Waals surface area contributed by atoms with E-state index in [1.54, 1.807) is 13.1 Å². The number of carbonyl (C=O) groups excluding carboxylic acids is 1. The first-order valence-corrected chi connectivity index (χ1v) is 12.9. The molecule has 1 aliphatic carbocycles. The summed E-state index contributed by atoms with van der Waals surface area (Å²) in [6.07, 6.45) is 4.10. The lowest BCUT2D eigenvalue weighted by atomic mass is 9.70. The number of likely N-dealkylation sites (N-methyl/N-ethyl adjacent to an activating group) is 1. The predicted octanol–water partition coefficient (Wildman–Crippen LogP) is 3.85. The average molecular weight is 501 g/mol. The average Bonchev–Trinajstić information content (AvgIpc) is 2.86. The molecule has 196 valence electrons. The van der Waals surface area contributed by atoms with Gasteiger partial charge in [-0.25, -0.2) is 8.78 Å². The van der Waals surface area contributed by atoms with Crippen LogP contribution in [0, 0.1) is 17.6 Å². The quantitative estimate of drug-likeness (QED) is 0.358. The summed E-state index contributed by atoms with van der Waals surface area (Å²) >= 11 is 0. The Kier molecular flexibility index (Phi) is 7.95. The molecule has 36 heavy (non-hydrogen) atoms. The van der Waals surface area contributed by atoms with Crippen molar-refractivity contribution in [3.8, 4) is 0 Å². The topological polar surface area (TPSA) is 48.4 Å². The van der Waals surface area contributed by atoms with Gasteiger partial charge in [0.2, 0.25) is 5.91 Å². The van der Waals surface area contributed by atoms with Crippen molar-refractivity contribution in [3.05, 3.63) is 59.7 Å². The van der Waals surface area contributed by atoms with Crippen molar-refractivity contribution in [3.63, 3.8) is 0 Å². The largest absolute Gasteiger partial charge is 0.374 e. The number of amidine groups is 1. The summed E-state index contributed by atoms with van der Waals surface area (Å²) < 4.78 is 35.2. The van der Waals surface area contributed by atoms with E-state index in [1.165, 1.54) is 12.1 Å². The van der Waals surface area contributed by atoms with Gasteiger partial charge in [0.1, 0.15) is 17.5 Å². The molecule has 0 N–H and O–H groups in total. The highest BCUT2D eigenvalue weighted by molar-refractivity contribution is 6.00. The van der Waals surface area contributed by atoms with Crippen LogP contribution in [0.4, 0.5) is 8.78 Å². The van der Waals surface area contributed by atoms with E-state index in [0.29, 0.717) is 25.3 Å². The minimum absolute atomic E-state index is 0.000762. The van der Waals surface area contributed by atoms with Crippen LogP contribution in [0.25, 0.3) is 0 Å². The summed E-state index contributed by atoms with van der Waals surface area (Å²) in [7, 11) is 3.87. The van der Waals surface area contributed by atoms with E-state index in [4.69, 9.17) is 9.73 Å². The monoisotopic (exact) mass is 500 g/mol. The van der Waals surface area contributed by atoms with E-state index < -0.39 is 11.6 Å². The molecule has 2 saturated heterocycles. The zero-order chi connectivity index (χ0) is 26.1. The number of benzene rings is 1. The molecule has 3 aliphatic rings. The number of fused-ring (bicyclic) bond motifs is 1. The van der Waals surface area contributed by atoms with E-state index in [9.17, 15) is 9.18 Å². The fraction of sp³-hybridized carbons (Fsp3) is 0.571. The number of halogens is 2. The Balaban J connectivity index is 1.75. The number of carbonyl (C=O) groups is 1. The first-order valence-electron chi connectivity index (χ1n) is 12.9. The molecule has 0 radical (unpaired) electrons. The van der Waals surface area contributed by atoms with Crippen molar-refractivity contribution in [1.29, 1.82) is 0 Å². The van der Waals surface area contributed by atoms with Crippen molar-refractivity contribution >= 4 is 11.7 Å². The molecular weight excluding hydrogens is 462 g/mol. The molecule has 1 amide bonds. The fourth-order valence-corrected chi connectivity index (χ4v) is 6.23. The van der Waals surface area contributed by atoms with Gasteiger partial charge in [0.05, 0.1) is 18.8 Å². The molecule has 4 rings (SSSR count). The van der Waals surface area contributed by atoms with Crippen molar-refractivity contribution in [2.75, 3.05) is 40.3 Å². The van der Waals surface area contributed by atoms with Crippen LogP contribution >= 0.6 is 0 Å². The number of hydrogen-bond acceptors (Lipinski definition) is 4. The molecule has 8 heteroatoms. The molecule has 1 aromatic carbocycles. The lowest BCUT2D eigenvalue weighted by Gasteiger charge is -2.51. The molecule has 2 fully saturated rings. The maximum Gasteiger partial charge on any atom is 0.246 e. The predicted molar refractivity (Wildman–Crippen MR) is 138 cm³/mol. The molecule has 0 bridgehead atoms. The normalized spacial score (nSPS) is 31.6. The molecule has 1 aromatic rings. The maximum absolute atomic E-state index is 15.0. The van der Waals surface area contributed by atoms with E-state index in [2.05, 4.69) is 43.3 Å². The van der Waals surface area contributed by atoms with E-state index in [1.807, 2.05) is 11.8 Å². The minimum atomic E-state index is -0.577. The second kappa shape index (κ2) is 10.8. The number of aliphatic imine (C=N–C) groups is 1. The molecule has 2 aliphatic heterocycles. The highest BCUT2D eigenvalue weighted by Gasteiger charge is 2.48. The number of piperazine rings is 1. The molecule has 0 aromatic heterocycles. The first-order chi connectivity index (χ1) is 17.2. The summed E-state index contributed by atoms with van der Waals surface area (Å²) in [6, 6.07) is 3.81. The van der Waals surface area contributed by atoms with Crippen LogP contribution in [-0.4, -0.2) is 91.0 Å². The van der Waals surface area contributed by atoms with Gasteiger partial charge in [-0.3, -0.25) is 14.7 Å². The Hall–Kier alpha value is -2.58. The number of ether oxygens (including phenoxy) is 1. The number of morpholine rings is 1. The van der Waals surface area contributed by atoms with E-state index in [-0.39, 0.29) is 42.0 Å². The second-order valence-corrected chi connectivity index (χ2v) is 10.2. The summed E-state index contributed by atoms with van der Waals surface area (Å²) in [4.78, 5) is 23.6. The number of amides is 1. The third-order valence-corrected chi connectivity index (χ3v) is 8.05. The molecule has 0 saturated carbocycles. The van der Waals surface area contributed by atoms with Gasteiger partial charge in [-0.05, 0) is 50.9 Å². The van der Waals surface area contributed by atoms with Crippen molar-refractivity contribution in [2.24, 2.45) is 10.9 Å². The van der Waals surface area contributed by atoms with E-state index >= 15 is 4.39 Å². The molecule has 6 atom stereocenters. The van der Waals surface area contributed by atoms with Crippen LogP contribution in [0.3, 0.4) is 0 Å². The number of allylic oxidation sites excluding steroid dienone is 1. The molecule has 2 heterocycles. The van der Waals surface area contributed by atoms with Gasteiger partial charge in [0, 0.05) is 56.3 Å². The lowest BCUT2D eigenvalue weighted by molar-refractivity contribution is -0.130. The lowest BCUT2D eigenvalue weighted by Crippen LogP contribution is -2.62. The Bertz CT molecular complexity index is 1060. The molecule has 6 nitrogen and oxygen atoms in total. The van der Waals surface area contributed by atoms with Gasteiger partial charge in [0.15, 0.2) is 0 Å². The van der Waals surface area contributed by atoms with Crippen LogP contribution in [0.2, 0.25) is 0 Å². The third-order valence-electron chi connectivity index (χ3n) is 8.05. The smallest absolute Gasteiger partial charge is 0.246 e. The highest BCUT2D eigenvalue weighted by Crippen LogP contribution is 2.44. The molecule has 4 unspecified atom stereocenters. The number of hydrogen-bond donors (Lipinski definition) is 0. The zero-order valence-electron chi connectivity index (χ0n) is 22.0. The third kappa shape index (κ3) is 4.73. The van der Waals surface area contributed by atoms with Crippen LogP contribution in [0.15, 0.2) is 47.5 Å². The van der Waals surface area contributed by atoms with Crippen molar-refractivity contribution in [2.45, 2.75) is 57.3 Å². The number of rotatable bonds is 4. The van der Waals surface area contributed by atoms with Crippen LogP contribution < -0.4 is 0 Å². The Morgan fingerprint density at radius 3 is 2.56 bits per heavy atom. The minimum Gasteiger partial charge on any atom is -0.374 e. The SMILES string of the molecule is C=CC(=O)N1C[C@H](C)N(C(=NC)C2=CC(CC)C(c3ccc(F)cc3F)C3OCCN(C)C23)C[C@H]1C. The van der Waals surface area contributed by atoms with Crippen LogP contribution in [-0.2, 0) is 9.53 Å². The van der Waals surface area contributed by atoms with Gasteiger partial charge in [-0.2, -0.15) is 0 Å². The zero-order valence-corrected chi connectivity index (χ0v) is 22.0. The standard InChI is InChI=1S/C28H38F2N4O2/c1-7-19-13-22(28(31-5)34-16-17(3)33(15-18(34)4)24(35)8-2)26-27(36-12-11-32(26)6)25(19)21-10-9-20(29)14-23(21)30/h8-10,13-14,17-19,25-27H,2,7,11-12,15-16H2,1,3-6H3/t17-,18+,19?,25?,26?,27?/m1/s1. The summed E-state index contributed by atoms with van der Waals surface area (Å²) in [6.45, 7) is 12.4. The number of nitrogens with zero attached hydrogens (tertiary/aromatic N) is 4. The van der Waals surface area contributed by atoms with Crippen LogP contribution in [0.1, 0.15) is 38.7 Å². The Morgan fingerprint density at radius 1 is 1.22 bits per heavy atom. The summed E-state index contributed by atoms with van der Waals surface area (Å²) in [5, 5.41) is 0. The van der Waals surface area contributed by atoms with Crippen molar-refractivity contribution in [1.82, 2.24) is 14.7 Å². The molecular formula is C28H38F2N4O2. The summed E-state index contributed by atoms with van der Waals surface area (Å²) in [5.41, 5.74) is 1.58. The van der Waals surface area contributed by atoms with E-state index in [0.717, 1.165) is 30.4 Å². The van der Waals surface area contributed by atoms with Gasteiger partial charge in [-0.1, -0.05) is 25.6 Å². The molecule has 0 spiro atoms. The fourth-order valence-electron chi connectivity index (χ4n) is 6.23. The second-order valence-electron chi connectivity index (χ2n) is 10.2. The van der Waals surface area contributed by atoms with Crippen molar-refractivity contribution < 1.29 is 18.3 Å². The van der Waals surface area contributed by atoms with Gasteiger partial charge in [-0.15, -0.1) is 0 Å². The summed E-state index contributed by atoms with van der Waals surface area (Å²) in [5.74, 6) is -0.502. The Labute approximate surface area is 213 Å². The van der Waals surface area contributed by atoms with Gasteiger partial charge in [0.25, 0.3) is 0 Å². The first kappa shape index (κ1) is 26.5. The highest BCUT2D eigenvalue weighted by atomic mass is 19.1. The van der Waals surface area contributed by atoms with Crippen LogP contribution in [0.5, 0.6) is 0 Å². The maximum atomic E-state index is 15.0. The Morgan fingerprint density at radius 2 is 1.92 bits per heavy atom.